The van der Waals surface area contributed by atoms with Crippen LogP contribution in [-0.2, 0) is 4.79 Å². The van der Waals surface area contributed by atoms with Crippen molar-refractivity contribution in [3.8, 4) is 0 Å². The number of nitro groups is 3. The first kappa shape index (κ1) is 20.4. The lowest BCUT2D eigenvalue weighted by molar-refractivity contribution is -0.973. The Bertz CT molecular complexity index is 830. The molecule has 1 atom stereocenters. The first-order chi connectivity index (χ1) is 14.2. The summed E-state index contributed by atoms with van der Waals surface area (Å²) in [4.78, 5) is 44.4. The molecule has 4 aliphatic carbocycles. The molecular weight excluding hydrogens is 394 g/mol. The maximum absolute atomic E-state index is 13.5. The number of rotatable bonds is 8. The zero-order chi connectivity index (χ0) is 21.7. The van der Waals surface area contributed by atoms with Crippen LogP contribution in [0.15, 0.2) is 30.3 Å². The van der Waals surface area contributed by atoms with Crippen molar-refractivity contribution in [2.75, 3.05) is 0 Å². The van der Waals surface area contributed by atoms with Crippen LogP contribution in [0.1, 0.15) is 56.4 Å². The summed E-state index contributed by atoms with van der Waals surface area (Å²) in [6.07, 6.45) is 4.70. The van der Waals surface area contributed by atoms with Crippen molar-refractivity contribution >= 4 is 5.78 Å². The second-order valence-corrected chi connectivity index (χ2v) is 9.25. The van der Waals surface area contributed by atoms with E-state index in [1.807, 2.05) is 0 Å². The van der Waals surface area contributed by atoms with Gasteiger partial charge in [0.2, 0.25) is 5.92 Å². The van der Waals surface area contributed by atoms with Crippen LogP contribution in [0.25, 0.3) is 0 Å². The fourth-order valence-electron chi connectivity index (χ4n) is 6.60. The lowest BCUT2D eigenvalue weighted by Crippen LogP contribution is -2.59. The van der Waals surface area contributed by atoms with E-state index in [0.717, 1.165) is 19.3 Å². The Morgan fingerprint density at radius 2 is 1.33 bits per heavy atom. The molecule has 0 N–H and O–H groups in total. The second kappa shape index (κ2) is 7.10. The lowest BCUT2D eigenvalue weighted by atomic mass is 9.48. The normalized spacial score (nSPS) is 30.6. The summed E-state index contributed by atoms with van der Waals surface area (Å²) in [7, 11) is 0. The van der Waals surface area contributed by atoms with Gasteiger partial charge in [-0.25, -0.2) is 0 Å². The Morgan fingerprint density at radius 1 is 0.900 bits per heavy atom. The van der Waals surface area contributed by atoms with Crippen molar-refractivity contribution in [2.24, 2.45) is 23.2 Å². The predicted molar refractivity (Wildman–Crippen MR) is 103 cm³/mol. The largest absolute Gasteiger partial charge is 0.707 e. The van der Waals surface area contributed by atoms with Gasteiger partial charge in [0.1, 0.15) is 5.78 Å². The van der Waals surface area contributed by atoms with E-state index >= 15 is 0 Å². The van der Waals surface area contributed by atoms with Crippen molar-refractivity contribution < 1.29 is 19.6 Å². The van der Waals surface area contributed by atoms with Crippen LogP contribution < -0.4 is 0 Å². The molecule has 1 aromatic rings. The van der Waals surface area contributed by atoms with E-state index in [4.69, 9.17) is 0 Å². The van der Waals surface area contributed by atoms with Crippen molar-refractivity contribution in [3.05, 3.63) is 66.2 Å². The highest BCUT2D eigenvalue weighted by atomic mass is 16.7. The number of ketones is 1. The number of hydrogen-bond acceptors (Lipinski definition) is 7. The molecule has 0 spiro atoms. The molecule has 10 heteroatoms. The molecule has 0 amide bonds. The first-order valence-electron chi connectivity index (χ1n) is 10.2. The number of benzene rings is 1. The minimum absolute atomic E-state index is 0.0562. The molecule has 4 aliphatic rings. The summed E-state index contributed by atoms with van der Waals surface area (Å²) in [6.45, 7) is 0. The highest BCUT2D eigenvalue weighted by Crippen LogP contribution is 2.61. The average molecular weight is 417 g/mol. The van der Waals surface area contributed by atoms with Crippen LogP contribution in [0.2, 0.25) is 0 Å². The molecule has 4 saturated carbocycles. The molecule has 0 heterocycles. The maximum atomic E-state index is 13.5. The minimum Gasteiger partial charge on any atom is -0.299 e. The number of nitrogens with zero attached hydrogens (tertiary/aromatic N) is 3. The Labute approximate surface area is 172 Å². The van der Waals surface area contributed by atoms with Crippen molar-refractivity contribution in [3.63, 3.8) is 0 Å². The van der Waals surface area contributed by atoms with E-state index in [-0.39, 0.29) is 11.3 Å². The summed E-state index contributed by atoms with van der Waals surface area (Å²) < 4.78 is 0. The van der Waals surface area contributed by atoms with Gasteiger partial charge in [-0.3, -0.25) is 35.1 Å². The predicted octanol–water partition coefficient (Wildman–Crippen LogP) is 3.43. The molecule has 4 fully saturated rings. The Hall–Kier alpha value is -2.91. The molecule has 30 heavy (non-hydrogen) atoms. The van der Waals surface area contributed by atoms with Gasteiger partial charge in [-0.05, 0) is 61.8 Å². The summed E-state index contributed by atoms with van der Waals surface area (Å²) in [5.41, 5.74) is -0.599. The molecule has 1 aromatic carbocycles. The van der Waals surface area contributed by atoms with Crippen LogP contribution in [0, 0.1) is 53.5 Å². The van der Waals surface area contributed by atoms with Gasteiger partial charge in [-0.15, -0.1) is 0 Å². The highest BCUT2D eigenvalue weighted by Gasteiger charge is 2.77. The van der Waals surface area contributed by atoms with Crippen LogP contribution in [0.5, 0.6) is 0 Å². The molecule has 0 saturated heterocycles. The van der Waals surface area contributed by atoms with Crippen molar-refractivity contribution in [1.29, 1.82) is 0 Å². The van der Waals surface area contributed by atoms with E-state index in [9.17, 15) is 35.1 Å². The molecular formula is C20H23N3O7. The molecule has 4 bridgehead atoms. The average Bonchev–Trinajstić information content (AvgIpc) is 2.66. The third-order valence-corrected chi connectivity index (χ3v) is 7.49. The van der Waals surface area contributed by atoms with Crippen molar-refractivity contribution in [1.82, 2.24) is 0 Å². The van der Waals surface area contributed by atoms with Crippen LogP contribution in [0.3, 0.4) is 0 Å². The van der Waals surface area contributed by atoms with E-state index in [2.05, 4.69) is 0 Å². The first-order valence-corrected chi connectivity index (χ1v) is 10.2. The second-order valence-electron chi connectivity index (χ2n) is 9.25. The zero-order valence-corrected chi connectivity index (χ0v) is 16.3. The van der Waals surface area contributed by atoms with Crippen LogP contribution in [0.4, 0.5) is 0 Å². The molecule has 1 unspecified atom stereocenters. The standard InChI is InChI=1S/C20H23N3O7/c24-18(19-10-13-6-14(11-19)8-15(7-13)12-19)9-17(16-4-2-1-3-5-16)20(21(25)26,22(27)28)23(29)30/h1-5,13-15,17H,6-12H2. The summed E-state index contributed by atoms with van der Waals surface area (Å²) >= 11 is 0. The lowest BCUT2D eigenvalue weighted by Gasteiger charge is -2.56. The Balaban J connectivity index is 1.74. The zero-order valence-electron chi connectivity index (χ0n) is 16.3. The fourth-order valence-corrected chi connectivity index (χ4v) is 6.60. The maximum Gasteiger partial charge on any atom is 0.707 e. The smallest absolute Gasteiger partial charge is 0.299 e. The van der Waals surface area contributed by atoms with Gasteiger partial charge in [0.05, 0.1) is 0 Å². The molecule has 5 rings (SSSR count). The molecule has 160 valence electrons. The van der Waals surface area contributed by atoms with Gasteiger partial charge in [-0.1, -0.05) is 30.3 Å². The number of carbonyl (C=O) groups excluding carboxylic acids is 1. The molecule has 0 aromatic heterocycles. The summed E-state index contributed by atoms with van der Waals surface area (Å²) in [5, 5.41) is 35.3. The summed E-state index contributed by atoms with van der Waals surface area (Å²) in [5.74, 6) is -4.51. The quantitative estimate of drug-likeness (QED) is 0.357. The Kier molecular flexibility index (Phi) is 4.82. The highest BCUT2D eigenvalue weighted by molar-refractivity contribution is 5.86. The van der Waals surface area contributed by atoms with E-state index in [1.165, 1.54) is 24.3 Å². The third kappa shape index (κ3) is 2.96. The fraction of sp³-hybridized carbons (Fsp3) is 0.650. The van der Waals surface area contributed by atoms with Crippen LogP contribution >= 0.6 is 0 Å². The van der Waals surface area contributed by atoms with Gasteiger partial charge < -0.3 is 0 Å². The topological polar surface area (TPSA) is 146 Å². The number of Topliss-reactive ketones (excluding diaryl/α,β-unsaturated/α-hetero) is 1. The molecule has 0 aliphatic heterocycles. The van der Waals surface area contributed by atoms with E-state index in [0.29, 0.717) is 37.0 Å². The van der Waals surface area contributed by atoms with Gasteiger partial charge in [0.25, 0.3) is 0 Å². The van der Waals surface area contributed by atoms with E-state index in [1.54, 1.807) is 6.07 Å². The minimum atomic E-state index is -3.71. The van der Waals surface area contributed by atoms with E-state index < -0.39 is 38.3 Å². The van der Waals surface area contributed by atoms with Gasteiger partial charge in [0.15, 0.2) is 14.8 Å². The third-order valence-electron chi connectivity index (χ3n) is 7.49. The summed E-state index contributed by atoms with van der Waals surface area (Å²) in [6, 6.07) is 7.36. The SMILES string of the molecule is O=C(CC(c1ccccc1)C([N+](=O)[O-])([N+](=O)[O-])[N+](=O)[O-])C12CC3CC(CC(C3)C1)C2. The monoisotopic (exact) mass is 417 g/mol. The Morgan fingerprint density at radius 3 is 1.73 bits per heavy atom. The van der Waals surface area contributed by atoms with Gasteiger partial charge >= 0.3 is 5.79 Å². The number of hydrogen-bond donors (Lipinski definition) is 0. The van der Waals surface area contributed by atoms with Crippen molar-refractivity contribution in [2.45, 2.75) is 56.7 Å². The number of carbonyl (C=O) groups is 1. The van der Waals surface area contributed by atoms with Crippen LogP contribution in [-0.4, -0.2) is 26.3 Å². The molecule has 10 nitrogen and oxygen atoms in total. The van der Waals surface area contributed by atoms with Gasteiger partial charge in [-0.2, -0.15) is 0 Å². The van der Waals surface area contributed by atoms with Gasteiger partial charge in [0, 0.05) is 11.8 Å². The molecule has 0 radical (unpaired) electrons.